The first-order valence-corrected chi connectivity index (χ1v) is 15.1. The maximum Gasteiger partial charge on any atom is 0.264 e. The van der Waals surface area contributed by atoms with E-state index in [1.165, 1.54) is 11.3 Å². The summed E-state index contributed by atoms with van der Waals surface area (Å²) in [5.41, 5.74) is 1.82. The topological polar surface area (TPSA) is 92.4 Å². The van der Waals surface area contributed by atoms with Crippen molar-refractivity contribution >= 4 is 63.5 Å². The molecule has 1 aliphatic heterocycles. The lowest BCUT2D eigenvalue weighted by Gasteiger charge is -2.36. The minimum absolute atomic E-state index is 0.0642. The molecule has 0 radical (unpaired) electrons. The van der Waals surface area contributed by atoms with Crippen LogP contribution in [-0.4, -0.2) is 67.8 Å². The van der Waals surface area contributed by atoms with Crippen LogP contribution in [0.25, 0.3) is 0 Å². The minimum atomic E-state index is -0.426. The number of carbonyl (C=O) groups excluding carboxylic acids is 2. The molecule has 2 N–H and O–H groups in total. The van der Waals surface area contributed by atoms with Crippen LogP contribution in [0, 0.1) is 0 Å². The Balaban J connectivity index is 1.37. The van der Waals surface area contributed by atoms with Crippen molar-refractivity contribution in [2.24, 2.45) is 0 Å². The Morgan fingerprint density at radius 2 is 1.61 bits per heavy atom. The van der Waals surface area contributed by atoms with Crippen LogP contribution in [0.3, 0.4) is 0 Å². The van der Waals surface area contributed by atoms with Crippen molar-refractivity contribution in [3.8, 4) is 17.2 Å². The number of piperazine rings is 1. The third kappa shape index (κ3) is 7.60. The summed E-state index contributed by atoms with van der Waals surface area (Å²) < 4.78 is 17.1. The molecule has 0 bridgehead atoms. The summed E-state index contributed by atoms with van der Waals surface area (Å²) in [5, 5.41) is 8.28. The molecule has 2 heterocycles. The first kappa shape index (κ1) is 30.4. The van der Waals surface area contributed by atoms with Gasteiger partial charge >= 0.3 is 0 Å². The van der Waals surface area contributed by atoms with Crippen molar-refractivity contribution in [2.75, 3.05) is 56.2 Å². The number of ether oxygens (including phenoxy) is 3. The van der Waals surface area contributed by atoms with E-state index < -0.39 is 5.91 Å². The van der Waals surface area contributed by atoms with Gasteiger partial charge in [-0.2, -0.15) is 0 Å². The second kappa shape index (κ2) is 14.4. The predicted molar refractivity (Wildman–Crippen MR) is 168 cm³/mol. The second-order valence-corrected chi connectivity index (χ2v) is 10.7. The van der Waals surface area contributed by atoms with Gasteiger partial charge in [-0.05, 0) is 74.8 Å². The van der Waals surface area contributed by atoms with E-state index >= 15 is 0 Å². The first-order chi connectivity index (χ1) is 19.8. The average Bonchev–Trinajstić information content (AvgIpc) is 3.50. The van der Waals surface area contributed by atoms with E-state index in [9.17, 15) is 9.59 Å². The molecule has 0 atom stereocenters. The van der Waals surface area contributed by atoms with Gasteiger partial charge < -0.3 is 29.3 Å². The smallest absolute Gasteiger partial charge is 0.264 e. The summed E-state index contributed by atoms with van der Waals surface area (Å²) >= 11 is 13.5. The number of anilines is 2. The highest BCUT2D eigenvalue weighted by Crippen LogP contribution is 2.39. The van der Waals surface area contributed by atoms with Gasteiger partial charge in [0.05, 0.1) is 35.4 Å². The molecule has 218 valence electrons. The zero-order chi connectivity index (χ0) is 29.4. The van der Waals surface area contributed by atoms with Crippen molar-refractivity contribution in [3.05, 3.63) is 63.3 Å². The van der Waals surface area contributed by atoms with Crippen molar-refractivity contribution in [1.82, 2.24) is 10.2 Å². The molecule has 1 saturated heterocycles. The lowest BCUT2D eigenvalue weighted by Crippen LogP contribution is -2.48. The molecule has 9 nitrogen and oxygen atoms in total. The molecule has 0 saturated carbocycles. The lowest BCUT2D eigenvalue weighted by atomic mass is 10.1. The molecule has 1 fully saturated rings. The number of amides is 2. The van der Waals surface area contributed by atoms with Gasteiger partial charge in [0, 0.05) is 37.4 Å². The van der Waals surface area contributed by atoms with E-state index in [-0.39, 0.29) is 11.0 Å². The van der Waals surface area contributed by atoms with Gasteiger partial charge in [-0.1, -0.05) is 17.7 Å². The first-order valence-electron chi connectivity index (χ1n) is 13.4. The number of benzene rings is 2. The zero-order valence-electron chi connectivity index (χ0n) is 23.2. The van der Waals surface area contributed by atoms with E-state index in [0.717, 1.165) is 10.6 Å². The molecular formula is C29H33ClN4O5S2. The van der Waals surface area contributed by atoms with Crippen LogP contribution in [0.1, 0.15) is 40.8 Å². The highest BCUT2D eigenvalue weighted by Gasteiger charge is 2.24. The van der Waals surface area contributed by atoms with E-state index in [4.69, 9.17) is 38.0 Å². The lowest BCUT2D eigenvalue weighted by molar-refractivity contribution is 0.0751. The van der Waals surface area contributed by atoms with Crippen LogP contribution >= 0.6 is 35.2 Å². The van der Waals surface area contributed by atoms with Crippen molar-refractivity contribution in [3.63, 3.8) is 0 Å². The molecule has 1 aliphatic rings. The average molecular weight is 617 g/mol. The van der Waals surface area contributed by atoms with Crippen LogP contribution in [-0.2, 0) is 0 Å². The van der Waals surface area contributed by atoms with Gasteiger partial charge in [-0.3, -0.25) is 14.9 Å². The van der Waals surface area contributed by atoms with Crippen LogP contribution in [0.15, 0.2) is 47.8 Å². The Bertz CT molecular complexity index is 1350. The quantitative estimate of drug-likeness (QED) is 0.281. The van der Waals surface area contributed by atoms with Crippen LogP contribution in [0.2, 0.25) is 5.02 Å². The normalized spacial score (nSPS) is 13.0. The Labute approximate surface area is 254 Å². The molecule has 0 spiro atoms. The largest absolute Gasteiger partial charge is 0.490 e. The maximum absolute atomic E-state index is 13.1. The van der Waals surface area contributed by atoms with Gasteiger partial charge in [-0.15, -0.1) is 11.3 Å². The summed E-state index contributed by atoms with van der Waals surface area (Å²) in [7, 11) is 0. The monoisotopic (exact) mass is 616 g/mol. The van der Waals surface area contributed by atoms with Crippen molar-refractivity contribution in [1.29, 1.82) is 0 Å². The molecule has 41 heavy (non-hydrogen) atoms. The zero-order valence-corrected chi connectivity index (χ0v) is 25.6. The number of hydrogen-bond donors (Lipinski definition) is 2. The molecular weight excluding hydrogens is 584 g/mol. The number of thiophene rings is 1. The van der Waals surface area contributed by atoms with E-state index in [1.54, 1.807) is 18.2 Å². The third-order valence-electron chi connectivity index (χ3n) is 6.24. The third-order valence-corrected chi connectivity index (χ3v) is 7.61. The fourth-order valence-corrected chi connectivity index (χ4v) is 5.61. The Morgan fingerprint density at radius 1 is 0.951 bits per heavy atom. The van der Waals surface area contributed by atoms with Gasteiger partial charge in [0.15, 0.2) is 16.6 Å². The van der Waals surface area contributed by atoms with Crippen LogP contribution < -0.4 is 29.7 Å². The van der Waals surface area contributed by atoms with Crippen LogP contribution in [0.5, 0.6) is 17.2 Å². The summed E-state index contributed by atoms with van der Waals surface area (Å²) in [6.45, 7) is 9.37. The van der Waals surface area contributed by atoms with Crippen molar-refractivity contribution in [2.45, 2.75) is 20.8 Å². The predicted octanol–water partition coefficient (Wildman–Crippen LogP) is 5.69. The summed E-state index contributed by atoms with van der Waals surface area (Å²) in [5.74, 6) is 0.935. The molecule has 12 heteroatoms. The van der Waals surface area contributed by atoms with E-state index in [1.807, 2.05) is 55.3 Å². The van der Waals surface area contributed by atoms with E-state index in [2.05, 4.69) is 15.5 Å². The summed E-state index contributed by atoms with van der Waals surface area (Å²) in [6.07, 6.45) is 0. The number of carbonyl (C=O) groups is 2. The van der Waals surface area contributed by atoms with Gasteiger partial charge in [0.2, 0.25) is 5.75 Å². The molecule has 0 unspecified atom stereocenters. The van der Waals surface area contributed by atoms with Crippen LogP contribution in [0.4, 0.5) is 11.4 Å². The highest BCUT2D eigenvalue weighted by molar-refractivity contribution is 7.80. The number of rotatable bonds is 10. The molecule has 3 aromatic rings. The number of hydrogen-bond acceptors (Lipinski definition) is 8. The molecule has 2 amide bonds. The molecule has 4 rings (SSSR count). The summed E-state index contributed by atoms with van der Waals surface area (Å²) in [4.78, 5) is 30.5. The number of halogens is 1. The minimum Gasteiger partial charge on any atom is -0.490 e. The fourth-order valence-electron chi connectivity index (χ4n) is 4.41. The number of nitrogens with zero attached hydrogens (tertiary/aromatic N) is 2. The van der Waals surface area contributed by atoms with Gasteiger partial charge in [0.1, 0.15) is 0 Å². The number of nitrogens with one attached hydrogen (secondary N) is 2. The molecule has 2 aromatic carbocycles. The Morgan fingerprint density at radius 3 is 2.17 bits per heavy atom. The fraction of sp³-hybridized carbons (Fsp3) is 0.345. The number of thiocarbonyl (C=S) groups is 1. The Kier molecular flexibility index (Phi) is 10.7. The Hall–Kier alpha value is -3.54. The second-order valence-electron chi connectivity index (χ2n) is 8.93. The standard InChI is InChI=1S/C29H33ClN4O5S2/c1-4-37-23-16-19(17-24(38-5-2)26(23)39-6-3)27(35)32-29(40)31-20-9-10-22(21(30)18-20)33-11-13-34(14-12-33)28(36)25-8-7-15-41-25/h7-10,15-18H,4-6,11-14H2,1-3H3,(H2,31,32,35,40). The maximum atomic E-state index is 13.1. The van der Waals surface area contributed by atoms with Crippen molar-refractivity contribution < 1.29 is 23.8 Å². The summed E-state index contributed by atoms with van der Waals surface area (Å²) in [6, 6.07) is 12.5. The van der Waals surface area contributed by atoms with Gasteiger partial charge in [-0.25, -0.2) is 0 Å². The highest BCUT2D eigenvalue weighted by atomic mass is 35.5. The van der Waals surface area contributed by atoms with E-state index in [0.29, 0.717) is 79.5 Å². The molecule has 0 aliphatic carbocycles. The molecule has 1 aromatic heterocycles. The SMILES string of the molecule is CCOc1cc(C(=O)NC(=S)Nc2ccc(N3CCN(C(=O)c4cccs4)CC3)c(Cl)c2)cc(OCC)c1OCC. The van der Waals surface area contributed by atoms with Gasteiger partial charge in [0.25, 0.3) is 11.8 Å².